The number of nitrogens with zero attached hydrogens (tertiary/aromatic N) is 4. The highest BCUT2D eigenvalue weighted by Gasteiger charge is 2.32. The first-order valence-corrected chi connectivity index (χ1v) is 14.7. The number of hydrogen-bond acceptors (Lipinski definition) is 7. The number of hydrogen-bond donors (Lipinski definition) is 3. The summed E-state index contributed by atoms with van der Waals surface area (Å²) in [4.78, 5) is 50.9. The molecule has 0 unspecified atom stereocenters. The molecule has 4 aromatic rings. The van der Waals surface area contributed by atoms with Crippen LogP contribution < -0.4 is 15.4 Å². The Hall–Kier alpha value is -5.06. The van der Waals surface area contributed by atoms with E-state index < -0.39 is 23.3 Å². The predicted molar refractivity (Wildman–Crippen MR) is 167 cm³/mol. The van der Waals surface area contributed by atoms with Crippen molar-refractivity contribution in [3.05, 3.63) is 71.7 Å². The summed E-state index contributed by atoms with van der Waals surface area (Å²) in [6.07, 6.45) is 12.1. The SMILES string of the molecule is CCOc1nc(NC(=O)C(C)(C)NC(=O)c2ccc3c(C4CCCC4)c(-c4cnccn4)n(C)c3c2)ccc1/C=C/C(=O)O. The van der Waals surface area contributed by atoms with Gasteiger partial charge in [0.15, 0.2) is 0 Å². The standard InChI is InChI=1S/C33H36N6O5/c1-5-44-31-21(12-15-27(40)41)11-14-26(36-31)37-32(43)33(2,3)38-30(42)22-10-13-23-25(18-22)39(4)29(24-19-34-16-17-35-24)28(23)20-8-6-7-9-20/h10-20H,5-9H2,1-4H3,(H,38,42)(H,40,41)(H,36,37,43)/b15-12+. The molecule has 1 aromatic carbocycles. The van der Waals surface area contributed by atoms with Gasteiger partial charge in [0.05, 0.1) is 18.5 Å². The van der Waals surface area contributed by atoms with Gasteiger partial charge in [-0.05, 0) is 75.4 Å². The summed E-state index contributed by atoms with van der Waals surface area (Å²) in [6, 6.07) is 8.78. The summed E-state index contributed by atoms with van der Waals surface area (Å²) < 4.78 is 7.61. The topological polar surface area (TPSA) is 148 Å². The van der Waals surface area contributed by atoms with Crippen molar-refractivity contribution in [1.29, 1.82) is 0 Å². The number of aliphatic carboxylic acids is 1. The molecule has 1 aliphatic carbocycles. The zero-order valence-corrected chi connectivity index (χ0v) is 25.3. The first-order valence-electron chi connectivity index (χ1n) is 14.7. The van der Waals surface area contributed by atoms with Crippen LogP contribution in [0.3, 0.4) is 0 Å². The lowest BCUT2D eigenvalue weighted by atomic mass is 9.93. The number of carboxylic acid groups (broad SMARTS) is 1. The Kier molecular flexibility index (Phi) is 8.75. The second-order valence-corrected chi connectivity index (χ2v) is 11.4. The van der Waals surface area contributed by atoms with Crippen LogP contribution in [0.2, 0.25) is 0 Å². The van der Waals surface area contributed by atoms with Crippen LogP contribution in [0.1, 0.15) is 73.9 Å². The van der Waals surface area contributed by atoms with Crippen LogP contribution in [0.15, 0.2) is 55.0 Å². The molecule has 0 bridgehead atoms. The quantitative estimate of drug-likeness (QED) is 0.208. The molecule has 228 valence electrons. The van der Waals surface area contributed by atoms with Crippen molar-refractivity contribution in [2.45, 2.75) is 57.9 Å². The average molecular weight is 597 g/mol. The van der Waals surface area contributed by atoms with Gasteiger partial charge >= 0.3 is 5.97 Å². The summed E-state index contributed by atoms with van der Waals surface area (Å²) in [6.45, 7) is 5.29. The Bertz CT molecular complexity index is 1740. The fraction of sp³-hybridized carbons (Fsp3) is 0.333. The third-order valence-corrected chi connectivity index (χ3v) is 7.88. The maximum absolute atomic E-state index is 13.5. The highest BCUT2D eigenvalue weighted by Crippen LogP contribution is 2.44. The van der Waals surface area contributed by atoms with Crippen LogP contribution in [-0.2, 0) is 16.6 Å². The van der Waals surface area contributed by atoms with E-state index in [0.29, 0.717) is 23.7 Å². The van der Waals surface area contributed by atoms with Gasteiger partial charge in [0.2, 0.25) is 5.88 Å². The molecule has 11 heteroatoms. The maximum Gasteiger partial charge on any atom is 0.328 e. The molecular weight excluding hydrogens is 560 g/mol. The molecule has 1 aliphatic rings. The van der Waals surface area contributed by atoms with Crippen LogP contribution >= 0.6 is 0 Å². The van der Waals surface area contributed by atoms with Crippen LogP contribution in [0.4, 0.5) is 5.82 Å². The third kappa shape index (κ3) is 6.31. The molecule has 3 aromatic heterocycles. The fourth-order valence-corrected chi connectivity index (χ4v) is 5.71. The van der Waals surface area contributed by atoms with E-state index in [1.165, 1.54) is 24.5 Å². The molecule has 5 rings (SSSR count). The zero-order valence-electron chi connectivity index (χ0n) is 25.3. The van der Waals surface area contributed by atoms with Crippen LogP contribution in [0.5, 0.6) is 5.88 Å². The number of rotatable bonds is 10. The van der Waals surface area contributed by atoms with Gasteiger partial charge in [-0.1, -0.05) is 18.9 Å². The lowest BCUT2D eigenvalue weighted by Crippen LogP contribution is -2.52. The lowest BCUT2D eigenvalue weighted by Gasteiger charge is -2.25. The number of aryl methyl sites for hydroxylation is 1. The van der Waals surface area contributed by atoms with E-state index >= 15 is 0 Å². The largest absolute Gasteiger partial charge is 0.478 e. The summed E-state index contributed by atoms with van der Waals surface area (Å²) in [5.41, 5.74) is 3.55. The van der Waals surface area contributed by atoms with Gasteiger partial charge in [-0.3, -0.25) is 19.6 Å². The van der Waals surface area contributed by atoms with Crippen molar-refractivity contribution in [1.82, 2.24) is 24.8 Å². The molecule has 0 radical (unpaired) electrons. The number of amides is 2. The Labute approximate surface area is 255 Å². The molecule has 1 saturated carbocycles. The summed E-state index contributed by atoms with van der Waals surface area (Å²) in [7, 11) is 1.98. The van der Waals surface area contributed by atoms with E-state index in [4.69, 9.17) is 9.84 Å². The van der Waals surface area contributed by atoms with E-state index in [2.05, 4.69) is 30.2 Å². The molecule has 2 amide bonds. The number of carboxylic acids is 1. The van der Waals surface area contributed by atoms with E-state index in [9.17, 15) is 14.4 Å². The van der Waals surface area contributed by atoms with Crippen LogP contribution in [0.25, 0.3) is 28.4 Å². The number of fused-ring (bicyclic) bond motifs is 1. The average Bonchev–Trinajstić information content (AvgIpc) is 3.63. The van der Waals surface area contributed by atoms with Crippen LogP contribution in [0, 0.1) is 0 Å². The summed E-state index contributed by atoms with van der Waals surface area (Å²) >= 11 is 0. The number of aromatic nitrogens is 4. The first-order chi connectivity index (χ1) is 21.1. The monoisotopic (exact) mass is 596 g/mol. The van der Waals surface area contributed by atoms with Gasteiger partial charge in [-0.25, -0.2) is 4.79 Å². The van der Waals surface area contributed by atoms with Gasteiger partial charge in [0, 0.05) is 47.5 Å². The molecule has 0 atom stereocenters. The van der Waals surface area contributed by atoms with E-state index in [0.717, 1.165) is 41.2 Å². The second kappa shape index (κ2) is 12.7. The van der Waals surface area contributed by atoms with E-state index in [1.807, 2.05) is 19.2 Å². The fourth-order valence-electron chi connectivity index (χ4n) is 5.71. The highest BCUT2D eigenvalue weighted by molar-refractivity contribution is 6.05. The van der Waals surface area contributed by atoms with Gasteiger partial charge < -0.3 is 25.0 Å². The molecule has 11 nitrogen and oxygen atoms in total. The molecule has 3 heterocycles. The number of benzene rings is 1. The minimum Gasteiger partial charge on any atom is -0.478 e. The van der Waals surface area contributed by atoms with Crippen LogP contribution in [-0.4, -0.2) is 54.6 Å². The number of anilines is 1. The van der Waals surface area contributed by atoms with Gasteiger partial charge in [-0.2, -0.15) is 4.98 Å². The molecule has 1 fully saturated rings. The Morgan fingerprint density at radius 2 is 1.91 bits per heavy atom. The maximum atomic E-state index is 13.5. The highest BCUT2D eigenvalue weighted by atomic mass is 16.5. The van der Waals surface area contributed by atoms with Crippen molar-refractivity contribution < 1.29 is 24.2 Å². The smallest absolute Gasteiger partial charge is 0.328 e. The third-order valence-electron chi connectivity index (χ3n) is 7.88. The van der Waals surface area contributed by atoms with E-state index in [1.54, 1.807) is 57.6 Å². The molecule has 44 heavy (non-hydrogen) atoms. The summed E-state index contributed by atoms with van der Waals surface area (Å²) in [5, 5.41) is 15.6. The molecular formula is C33H36N6O5. The Balaban J connectivity index is 1.38. The molecule has 0 aliphatic heterocycles. The number of pyridine rings is 1. The number of nitrogens with one attached hydrogen (secondary N) is 2. The number of ether oxygens (including phenoxy) is 1. The van der Waals surface area contributed by atoms with Crippen molar-refractivity contribution in [3.8, 4) is 17.3 Å². The molecule has 0 spiro atoms. The van der Waals surface area contributed by atoms with Crippen molar-refractivity contribution in [2.24, 2.45) is 7.05 Å². The van der Waals surface area contributed by atoms with Crippen molar-refractivity contribution in [2.75, 3.05) is 11.9 Å². The van der Waals surface area contributed by atoms with Gasteiger partial charge in [0.1, 0.15) is 17.1 Å². The number of carbonyl (C=O) groups is 3. The molecule has 0 saturated heterocycles. The normalized spacial score (nSPS) is 13.8. The first kappa shape index (κ1) is 30.4. The van der Waals surface area contributed by atoms with Gasteiger partial charge in [0.25, 0.3) is 11.8 Å². The minimum absolute atomic E-state index is 0.179. The zero-order chi connectivity index (χ0) is 31.4. The molecule has 3 N–H and O–H groups in total. The Morgan fingerprint density at radius 3 is 2.59 bits per heavy atom. The summed E-state index contributed by atoms with van der Waals surface area (Å²) in [5.74, 6) is -1.18. The van der Waals surface area contributed by atoms with Gasteiger partial charge in [-0.15, -0.1) is 0 Å². The Morgan fingerprint density at radius 1 is 1.14 bits per heavy atom. The predicted octanol–water partition coefficient (Wildman–Crippen LogP) is 5.33. The van der Waals surface area contributed by atoms with E-state index in [-0.39, 0.29) is 11.7 Å². The second-order valence-electron chi connectivity index (χ2n) is 11.4. The van der Waals surface area contributed by atoms with Crippen molar-refractivity contribution in [3.63, 3.8) is 0 Å². The minimum atomic E-state index is -1.30. The lowest BCUT2D eigenvalue weighted by molar-refractivity contribution is -0.131. The van der Waals surface area contributed by atoms with Crippen molar-refractivity contribution >= 4 is 40.6 Å². The number of carbonyl (C=O) groups excluding carboxylic acids is 2.